The Morgan fingerprint density at radius 2 is 1.83 bits per heavy atom. The number of carbonyl (C=O) groups is 3. The third-order valence-electron chi connectivity index (χ3n) is 9.33. The topological polar surface area (TPSA) is 108 Å². The Morgan fingerprint density at radius 1 is 1.12 bits per heavy atom. The van der Waals surface area contributed by atoms with Gasteiger partial charge in [-0.3, -0.25) is 14.3 Å². The van der Waals surface area contributed by atoms with Gasteiger partial charge in [0.2, 0.25) is 12.6 Å². The Kier molecular flexibility index (Phi) is 11.6. The van der Waals surface area contributed by atoms with Crippen molar-refractivity contribution in [2.75, 3.05) is 0 Å². The third kappa shape index (κ3) is 7.32. The van der Waals surface area contributed by atoms with E-state index in [-0.39, 0.29) is 18.3 Å². The van der Waals surface area contributed by atoms with Crippen LogP contribution >= 0.6 is 0 Å². The van der Waals surface area contributed by atoms with Crippen LogP contribution in [0.1, 0.15) is 86.5 Å². The molecule has 0 aromatic carbocycles. The van der Waals surface area contributed by atoms with Crippen molar-refractivity contribution in [1.29, 1.82) is 0 Å². The van der Waals surface area contributed by atoms with Crippen molar-refractivity contribution in [2.24, 2.45) is 22.7 Å². The second-order valence-corrected chi connectivity index (χ2v) is 12.2. The maximum Gasteiger partial charge on any atom is 0.331 e. The van der Waals surface area contributed by atoms with E-state index in [1.807, 2.05) is 26.0 Å². The quantitative estimate of drug-likeness (QED) is 0.0715. The first-order valence-corrected chi connectivity index (χ1v) is 15.1. The molecule has 1 spiro atoms. The van der Waals surface area contributed by atoms with Crippen molar-refractivity contribution >= 4 is 17.9 Å². The van der Waals surface area contributed by atoms with E-state index in [1.54, 1.807) is 18.2 Å². The van der Waals surface area contributed by atoms with Gasteiger partial charge < -0.3 is 19.3 Å². The Balaban J connectivity index is 2.04. The molecule has 0 aromatic rings. The molecule has 8 heteroatoms. The molecular formula is C34H48O8. The number of allylic oxidation sites excluding steroid dienone is 6. The summed E-state index contributed by atoms with van der Waals surface area (Å²) in [6.45, 7) is 14.7. The van der Waals surface area contributed by atoms with E-state index in [0.717, 1.165) is 24.8 Å². The molecule has 3 rings (SSSR count). The molecule has 1 heterocycles. The molecule has 8 atom stereocenters. The van der Waals surface area contributed by atoms with Crippen LogP contribution in [-0.4, -0.2) is 47.8 Å². The molecule has 3 aliphatic rings. The van der Waals surface area contributed by atoms with Crippen molar-refractivity contribution in [2.45, 2.75) is 111 Å². The number of hydrogen-bond donors (Lipinski definition) is 1. The minimum absolute atomic E-state index is 0.152. The van der Waals surface area contributed by atoms with E-state index in [0.29, 0.717) is 18.4 Å². The highest BCUT2D eigenvalue weighted by atomic mass is 16.8. The van der Waals surface area contributed by atoms with Crippen LogP contribution in [0.4, 0.5) is 0 Å². The average Bonchev–Trinajstić information content (AvgIpc) is 3.20. The summed E-state index contributed by atoms with van der Waals surface area (Å²) in [5.41, 5.74) is 0.0367. The molecule has 0 radical (unpaired) electrons. The van der Waals surface area contributed by atoms with Crippen LogP contribution in [0.2, 0.25) is 0 Å². The fourth-order valence-corrected chi connectivity index (χ4v) is 6.88. The number of rotatable bonds is 12. The van der Waals surface area contributed by atoms with E-state index in [1.165, 1.54) is 26.3 Å². The summed E-state index contributed by atoms with van der Waals surface area (Å²) in [7, 11) is 0. The van der Waals surface area contributed by atoms with E-state index >= 15 is 0 Å². The van der Waals surface area contributed by atoms with Crippen LogP contribution in [0.15, 0.2) is 60.3 Å². The minimum Gasteiger partial charge on any atom is -0.455 e. The van der Waals surface area contributed by atoms with Crippen molar-refractivity contribution in [3.8, 4) is 0 Å². The van der Waals surface area contributed by atoms with Crippen LogP contribution in [0.3, 0.4) is 0 Å². The number of aliphatic hydroxyl groups is 1. The van der Waals surface area contributed by atoms with Gasteiger partial charge in [0, 0.05) is 25.5 Å². The maximum absolute atomic E-state index is 12.9. The fourth-order valence-electron chi connectivity index (χ4n) is 6.88. The van der Waals surface area contributed by atoms with Crippen molar-refractivity contribution < 1.29 is 38.4 Å². The van der Waals surface area contributed by atoms with Crippen molar-refractivity contribution in [3.63, 3.8) is 0 Å². The first-order chi connectivity index (χ1) is 19.9. The zero-order valence-electron chi connectivity index (χ0n) is 26.0. The number of unbranched alkanes of at least 4 members (excludes halogenated alkanes) is 3. The van der Waals surface area contributed by atoms with Crippen LogP contribution in [0, 0.1) is 22.7 Å². The zero-order valence-corrected chi connectivity index (χ0v) is 26.0. The van der Waals surface area contributed by atoms with Gasteiger partial charge in [0.05, 0.1) is 11.5 Å². The summed E-state index contributed by atoms with van der Waals surface area (Å²) in [5.74, 6) is -2.02. The highest BCUT2D eigenvalue weighted by molar-refractivity contribution is 5.82. The Hall–Kier alpha value is -2.97. The molecule has 1 saturated heterocycles. The van der Waals surface area contributed by atoms with Gasteiger partial charge in [-0.25, -0.2) is 4.79 Å². The molecule has 8 nitrogen and oxygen atoms in total. The largest absolute Gasteiger partial charge is 0.455 e. The van der Waals surface area contributed by atoms with Gasteiger partial charge in [-0.1, -0.05) is 76.1 Å². The van der Waals surface area contributed by atoms with Gasteiger partial charge in [-0.05, 0) is 62.4 Å². The smallest absolute Gasteiger partial charge is 0.331 e. The Labute approximate surface area is 250 Å². The normalized spacial score (nSPS) is 34.5. The Bertz CT molecular complexity index is 1130. The molecule has 1 aliphatic heterocycles. The SMILES string of the molecule is C=C/C(C)=C/C[C@]1(C)[C@H](C)[C@@H](O)C[C@@]23C(=C[C@H](OC(=O)C=C/C=C/CCCCC)C[C@@H]12)[C@@H](OC(C)=O)O[C@H]3OC(C)=O. The van der Waals surface area contributed by atoms with Crippen LogP contribution < -0.4 is 0 Å². The summed E-state index contributed by atoms with van der Waals surface area (Å²) >= 11 is 0. The number of carbonyl (C=O) groups excluding carboxylic acids is 3. The maximum atomic E-state index is 12.9. The number of hydrogen-bond acceptors (Lipinski definition) is 8. The molecule has 232 valence electrons. The molecule has 2 fully saturated rings. The summed E-state index contributed by atoms with van der Waals surface area (Å²) in [4.78, 5) is 37.2. The predicted octanol–water partition coefficient (Wildman–Crippen LogP) is 6.26. The Morgan fingerprint density at radius 3 is 2.48 bits per heavy atom. The molecule has 0 aromatic heterocycles. The van der Waals surface area contributed by atoms with Crippen molar-refractivity contribution in [1.82, 2.24) is 0 Å². The molecule has 0 unspecified atom stereocenters. The van der Waals surface area contributed by atoms with Gasteiger partial charge in [0.25, 0.3) is 0 Å². The fraction of sp³-hybridized carbons (Fsp3) is 0.618. The lowest BCUT2D eigenvalue weighted by atomic mass is 9.45. The van der Waals surface area contributed by atoms with Gasteiger partial charge in [0.1, 0.15) is 6.10 Å². The zero-order chi connectivity index (χ0) is 31.1. The minimum atomic E-state index is -1.15. The number of esters is 3. The number of ether oxygens (including phenoxy) is 4. The lowest BCUT2D eigenvalue weighted by Gasteiger charge is -2.59. The average molecular weight is 585 g/mol. The lowest BCUT2D eigenvalue weighted by molar-refractivity contribution is -0.244. The van der Waals surface area contributed by atoms with E-state index in [2.05, 4.69) is 26.5 Å². The second-order valence-electron chi connectivity index (χ2n) is 12.2. The molecule has 0 bridgehead atoms. The highest BCUT2D eigenvalue weighted by Crippen LogP contribution is 2.67. The first-order valence-electron chi connectivity index (χ1n) is 15.1. The van der Waals surface area contributed by atoms with Crippen LogP contribution in [0.25, 0.3) is 0 Å². The molecule has 1 N–H and O–H groups in total. The van der Waals surface area contributed by atoms with Gasteiger partial charge in [0.15, 0.2) is 0 Å². The summed E-state index contributed by atoms with van der Waals surface area (Å²) in [6.07, 6.45) is 14.6. The highest BCUT2D eigenvalue weighted by Gasteiger charge is 2.69. The lowest BCUT2D eigenvalue weighted by Crippen LogP contribution is -2.60. The second kappa shape index (κ2) is 14.5. The van der Waals surface area contributed by atoms with Crippen molar-refractivity contribution in [3.05, 3.63) is 60.3 Å². The van der Waals surface area contributed by atoms with E-state index in [9.17, 15) is 19.5 Å². The number of aliphatic hydroxyl groups excluding tert-OH is 1. The standard InChI is InChI=1S/C34H48O8/c1-8-10-11-12-13-14-15-16-30(38)41-26-19-27-31(39-24(5)35)42-32(40-25(6)36)34(27)21-28(37)23(4)33(7,29(34)20-26)18-17-22(3)9-2/h9,13-17,19,23,26,28-29,31-32,37H,2,8,10-12,18,20-21H2,1,3-7H3/b14-13+,16-15?,22-17+/t23-,26+,28+,29+,31+,32-,33-,34-/m1/s1. The molecule has 2 aliphatic carbocycles. The summed E-state index contributed by atoms with van der Waals surface area (Å²) in [6, 6.07) is 0. The third-order valence-corrected chi connectivity index (χ3v) is 9.33. The summed E-state index contributed by atoms with van der Waals surface area (Å²) in [5, 5.41) is 11.5. The first kappa shape index (κ1) is 33.5. The predicted molar refractivity (Wildman–Crippen MR) is 160 cm³/mol. The van der Waals surface area contributed by atoms with E-state index in [4.69, 9.17) is 18.9 Å². The van der Waals surface area contributed by atoms with Gasteiger partial charge in [-0.15, -0.1) is 0 Å². The van der Waals surface area contributed by atoms with Gasteiger partial charge in [-0.2, -0.15) is 0 Å². The van der Waals surface area contributed by atoms with Gasteiger partial charge >= 0.3 is 17.9 Å². The molecule has 0 amide bonds. The summed E-state index contributed by atoms with van der Waals surface area (Å²) < 4.78 is 23.3. The van der Waals surface area contributed by atoms with Crippen LogP contribution in [0.5, 0.6) is 0 Å². The van der Waals surface area contributed by atoms with Crippen LogP contribution in [-0.2, 0) is 33.3 Å². The van der Waals surface area contributed by atoms with E-state index < -0.39 is 53.5 Å². The molecular weight excluding hydrogens is 536 g/mol. The monoisotopic (exact) mass is 584 g/mol. The molecule has 42 heavy (non-hydrogen) atoms. The molecule has 1 saturated carbocycles.